The highest BCUT2D eigenvalue weighted by Crippen LogP contribution is 2.39. The summed E-state index contributed by atoms with van der Waals surface area (Å²) in [6, 6.07) is 0. The van der Waals surface area contributed by atoms with Crippen molar-refractivity contribution >= 4 is 17.9 Å². The van der Waals surface area contributed by atoms with Gasteiger partial charge < -0.3 is 20.5 Å². The Morgan fingerprint density at radius 2 is 2.10 bits per heavy atom. The maximum atomic E-state index is 12.1. The first-order valence-electron chi connectivity index (χ1n) is 7.22. The monoisotopic (exact) mass is 302 g/mol. The van der Waals surface area contributed by atoms with Crippen LogP contribution in [0, 0.1) is 0 Å². The number of hydrogen-bond acceptors (Lipinski definition) is 5. The molecule has 0 aliphatic carbocycles. The van der Waals surface area contributed by atoms with Gasteiger partial charge in [0.2, 0.25) is 0 Å². The number of aliphatic hydroxyl groups is 1. The maximum absolute atomic E-state index is 12.1. The molecule has 5 nitrogen and oxygen atoms in total. The van der Waals surface area contributed by atoms with Gasteiger partial charge in [-0.15, -0.1) is 0 Å². The van der Waals surface area contributed by atoms with Crippen LogP contribution in [-0.2, 0) is 4.74 Å². The van der Waals surface area contributed by atoms with E-state index in [0.717, 1.165) is 18.6 Å². The molecule has 2 aliphatic heterocycles. The molecule has 2 fully saturated rings. The second-order valence-corrected chi connectivity index (χ2v) is 8.10. The van der Waals surface area contributed by atoms with Crippen molar-refractivity contribution in [3.8, 4) is 0 Å². The standard InChI is InChI=1S/C14H26N2O3S/c1-12(2,3)19-11(17)16-7-6-13(15,9-16)14(18)5-4-8-20-10-14/h18H,4-10,15H2,1-3H3. The first kappa shape index (κ1) is 15.9. The van der Waals surface area contributed by atoms with E-state index in [9.17, 15) is 9.90 Å². The van der Waals surface area contributed by atoms with Crippen LogP contribution in [0.25, 0.3) is 0 Å². The number of rotatable bonds is 1. The lowest BCUT2D eigenvalue weighted by atomic mass is 9.77. The molecule has 2 unspecified atom stereocenters. The summed E-state index contributed by atoms with van der Waals surface area (Å²) in [4.78, 5) is 13.7. The molecule has 1 amide bonds. The highest BCUT2D eigenvalue weighted by molar-refractivity contribution is 7.99. The average Bonchev–Trinajstić information content (AvgIpc) is 2.73. The highest BCUT2D eigenvalue weighted by Gasteiger charge is 2.53. The van der Waals surface area contributed by atoms with Crippen LogP contribution in [0.1, 0.15) is 40.0 Å². The summed E-state index contributed by atoms with van der Waals surface area (Å²) in [7, 11) is 0. The lowest BCUT2D eigenvalue weighted by Crippen LogP contribution is -2.64. The smallest absolute Gasteiger partial charge is 0.410 e. The molecule has 2 aliphatic rings. The van der Waals surface area contributed by atoms with Gasteiger partial charge in [0.15, 0.2) is 0 Å². The van der Waals surface area contributed by atoms with Crippen molar-refractivity contribution in [2.24, 2.45) is 5.73 Å². The second kappa shape index (κ2) is 5.39. The van der Waals surface area contributed by atoms with E-state index in [4.69, 9.17) is 10.5 Å². The third-order valence-corrected chi connectivity index (χ3v) is 5.36. The normalized spacial score (nSPS) is 35.1. The van der Waals surface area contributed by atoms with Crippen LogP contribution in [0.2, 0.25) is 0 Å². The van der Waals surface area contributed by atoms with E-state index in [-0.39, 0.29) is 6.09 Å². The number of ether oxygens (including phenoxy) is 1. The van der Waals surface area contributed by atoms with Crippen LogP contribution in [0.4, 0.5) is 4.79 Å². The zero-order valence-electron chi connectivity index (χ0n) is 12.6. The fourth-order valence-corrected chi connectivity index (χ4v) is 4.13. The van der Waals surface area contributed by atoms with Gasteiger partial charge in [0.25, 0.3) is 0 Å². The van der Waals surface area contributed by atoms with Crippen LogP contribution in [-0.4, -0.2) is 57.4 Å². The van der Waals surface area contributed by atoms with E-state index < -0.39 is 16.7 Å². The van der Waals surface area contributed by atoms with E-state index in [2.05, 4.69) is 0 Å². The third-order valence-electron chi connectivity index (χ3n) is 4.10. The molecule has 2 rings (SSSR count). The minimum absolute atomic E-state index is 0.336. The first-order valence-corrected chi connectivity index (χ1v) is 8.38. The predicted molar refractivity (Wildman–Crippen MR) is 80.9 cm³/mol. The van der Waals surface area contributed by atoms with Crippen LogP contribution in [0.3, 0.4) is 0 Å². The fourth-order valence-electron chi connectivity index (χ4n) is 2.87. The van der Waals surface area contributed by atoms with E-state index in [1.165, 1.54) is 0 Å². The van der Waals surface area contributed by atoms with Gasteiger partial charge in [-0.2, -0.15) is 11.8 Å². The molecular weight excluding hydrogens is 276 g/mol. The van der Waals surface area contributed by atoms with Crippen molar-refractivity contribution in [2.75, 3.05) is 24.6 Å². The van der Waals surface area contributed by atoms with Gasteiger partial charge in [0, 0.05) is 18.8 Å². The molecule has 0 spiro atoms. The van der Waals surface area contributed by atoms with E-state index in [1.807, 2.05) is 20.8 Å². The molecule has 0 radical (unpaired) electrons. The highest BCUT2D eigenvalue weighted by atomic mass is 32.2. The Kier molecular flexibility index (Phi) is 4.29. The average molecular weight is 302 g/mol. The van der Waals surface area contributed by atoms with E-state index in [1.54, 1.807) is 16.7 Å². The Hall–Kier alpha value is -0.460. The number of nitrogens with zero attached hydrogens (tertiary/aromatic N) is 1. The molecule has 2 atom stereocenters. The Morgan fingerprint density at radius 1 is 1.40 bits per heavy atom. The van der Waals surface area contributed by atoms with E-state index >= 15 is 0 Å². The van der Waals surface area contributed by atoms with Crippen molar-refractivity contribution in [3.63, 3.8) is 0 Å². The number of carbonyl (C=O) groups excluding carboxylic acids is 1. The molecule has 0 saturated carbocycles. The Bertz CT molecular complexity index is 377. The molecule has 2 saturated heterocycles. The number of amides is 1. The van der Waals surface area contributed by atoms with Gasteiger partial charge in [0.1, 0.15) is 5.60 Å². The van der Waals surface area contributed by atoms with Crippen LogP contribution < -0.4 is 5.73 Å². The van der Waals surface area contributed by atoms with Gasteiger partial charge in [-0.05, 0) is 45.8 Å². The summed E-state index contributed by atoms with van der Waals surface area (Å²) in [5, 5.41) is 10.8. The summed E-state index contributed by atoms with van der Waals surface area (Å²) >= 11 is 1.74. The number of thioether (sulfide) groups is 1. The van der Waals surface area contributed by atoms with Crippen molar-refractivity contribution in [3.05, 3.63) is 0 Å². The van der Waals surface area contributed by atoms with Crippen molar-refractivity contribution in [1.82, 2.24) is 4.90 Å². The summed E-state index contributed by atoms with van der Waals surface area (Å²) in [6.07, 6.45) is 1.99. The summed E-state index contributed by atoms with van der Waals surface area (Å²) in [5.41, 5.74) is 4.36. The molecule has 0 aromatic heterocycles. The summed E-state index contributed by atoms with van der Waals surface area (Å²) in [6.45, 7) is 6.48. The van der Waals surface area contributed by atoms with Gasteiger partial charge in [-0.3, -0.25) is 0 Å². The number of likely N-dealkylation sites (tertiary alicyclic amines) is 1. The molecule has 2 heterocycles. The Labute approximate surface area is 125 Å². The molecule has 0 aromatic rings. The molecule has 0 bridgehead atoms. The second-order valence-electron chi connectivity index (χ2n) is 7.00. The van der Waals surface area contributed by atoms with Gasteiger partial charge in [0.05, 0.1) is 11.1 Å². The van der Waals surface area contributed by atoms with Gasteiger partial charge >= 0.3 is 6.09 Å². The van der Waals surface area contributed by atoms with Crippen LogP contribution >= 0.6 is 11.8 Å². The summed E-state index contributed by atoms with van der Waals surface area (Å²) in [5.74, 6) is 1.74. The molecule has 116 valence electrons. The largest absolute Gasteiger partial charge is 0.444 e. The maximum Gasteiger partial charge on any atom is 0.410 e. The fraction of sp³-hybridized carbons (Fsp3) is 0.929. The lowest BCUT2D eigenvalue weighted by molar-refractivity contribution is -0.0229. The van der Waals surface area contributed by atoms with Crippen LogP contribution in [0.5, 0.6) is 0 Å². The Balaban J connectivity index is 2.02. The SMILES string of the molecule is CC(C)(C)OC(=O)N1CCC(N)(C2(O)CCCSC2)C1. The van der Waals surface area contributed by atoms with Crippen molar-refractivity contribution in [2.45, 2.75) is 56.8 Å². The topological polar surface area (TPSA) is 75.8 Å². The van der Waals surface area contributed by atoms with Gasteiger partial charge in [-0.1, -0.05) is 0 Å². The first-order chi connectivity index (χ1) is 9.15. The molecule has 3 N–H and O–H groups in total. The Morgan fingerprint density at radius 3 is 2.65 bits per heavy atom. The quantitative estimate of drug-likeness (QED) is 0.769. The minimum atomic E-state index is -0.868. The number of carbonyl (C=O) groups is 1. The number of hydrogen-bond donors (Lipinski definition) is 2. The zero-order valence-corrected chi connectivity index (χ0v) is 13.5. The van der Waals surface area contributed by atoms with Crippen molar-refractivity contribution < 1.29 is 14.6 Å². The summed E-state index contributed by atoms with van der Waals surface area (Å²) < 4.78 is 5.38. The van der Waals surface area contributed by atoms with Gasteiger partial charge in [-0.25, -0.2) is 4.79 Å². The third kappa shape index (κ3) is 3.23. The van der Waals surface area contributed by atoms with E-state index in [0.29, 0.717) is 25.3 Å². The van der Waals surface area contributed by atoms with Crippen molar-refractivity contribution in [1.29, 1.82) is 0 Å². The molecule has 20 heavy (non-hydrogen) atoms. The molecule has 0 aromatic carbocycles. The number of nitrogens with two attached hydrogens (primary N) is 1. The lowest BCUT2D eigenvalue weighted by Gasteiger charge is -2.44. The molecular formula is C14H26N2O3S. The zero-order chi connectivity index (χ0) is 15.0. The predicted octanol–water partition coefficient (Wildman–Crippen LogP) is 1.58. The molecule has 6 heteroatoms. The minimum Gasteiger partial charge on any atom is -0.444 e. The van der Waals surface area contributed by atoms with Crippen LogP contribution in [0.15, 0.2) is 0 Å².